The van der Waals surface area contributed by atoms with E-state index in [1.807, 2.05) is 0 Å². The maximum absolute atomic E-state index is 6.64. The van der Waals surface area contributed by atoms with Gasteiger partial charge in [0.15, 0.2) is 0 Å². The number of hydrogen-bond donors (Lipinski definition) is 0. The zero-order valence-electron chi connectivity index (χ0n) is 26.1. The van der Waals surface area contributed by atoms with Crippen molar-refractivity contribution in [2.45, 2.75) is 0 Å². The first-order valence-electron chi connectivity index (χ1n) is 16.4. The predicted molar refractivity (Wildman–Crippen MR) is 202 cm³/mol. The molecule has 48 heavy (non-hydrogen) atoms. The van der Waals surface area contributed by atoms with Crippen LogP contribution in [0.5, 0.6) is 0 Å². The first-order chi connectivity index (χ1) is 23.8. The average Bonchev–Trinajstić information content (AvgIpc) is 3.69. The van der Waals surface area contributed by atoms with Gasteiger partial charge in [0.25, 0.3) is 0 Å². The van der Waals surface area contributed by atoms with Crippen molar-refractivity contribution < 1.29 is 4.42 Å². The molecule has 0 atom stereocenters. The van der Waals surface area contributed by atoms with Gasteiger partial charge < -0.3 is 8.98 Å². The van der Waals surface area contributed by atoms with E-state index < -0.39 is 0 Å². The van der Waals surface area contributed by atoms with Gasteiger partial charge in [0.05, 0.1) is 11.0 Å². The van der Waals surface area contributed by atoms with Gasteiger partial charge >= 0.3 is 0 Å². The van der Waals surface area contributed by atoms with Crippen molar-refractivity contribution in [1.29, 1.82) is 0 Å². The molecule has 0 radical (unpaired) electrons. The highest BCUT2D eigenvalue weighted by molar-refractivity contribution is 6.11. The third kappa shape index (κ3) is 4.20. The molecule has 0 amide bonds. The Bertz CT molecular complexity index is 2820. The Balaban J connectivity index is 1.11. The summed E-state index contributed by atoms with van der Waals surface area (Å²) in [5.74, 6) is 0. The monoisotopic (exact) mass is 611 g/mol. The molecule has 2 heteroatoms. The Labute approximate surface area is 277 Å². The van der Waals surface area contributed by atoms with Crippen molar-refractivity contribution in [2.24, 2.45) is 0 Å². The second kappa shape index (κ2) is 10.6. The van der Waals surface area contributed by atoms with Crippen molar-refractivity contribution in [3.05, 3.63) is 176 Å². The zero-order chi connectivity index (χ0) is 31.6. The van der Waals surface area contributed by atoms with Crippen LogP contribution in [0.2, 0.25) is 0 Å². The molecular formula is C46H29NO. The van der Waals surface area contributed by atoms with Gasteiger partial charge in [0.1, 0.15) is 11.2 Å². The summed E-state index contributed by atoms with van der Waals surface area (Å²) in [5, 5.41) is 7.21. The maximum Gasteiger partial charge on any atom is 0.137 e. The SMILES string of the molecule is c1ccc(-c2ccc3c(c2)c2ccccc2n3-c2ccc3c(c2)oc2cc(-c4cc(-c5ccccc5)c5ccccc5c4)ccc23)cc1. The molecule has 2 aromatic heterocycles. The first kappa shape index (κ1) is 26.8. The summed E-state index contributed by atoms with van der Waals surface area (Å²) in [6.07, 6.45) is 0. The fourth-order valence-corrected chi connectivity index (χ4v) is 7.48. The van der Waals surface area contributed by atoms with Crippen LogP contribution in [0.25, 0.3) is 93.6 Å². The van der Waals surface area contributed by atoms with Crippen LogP contribution in [0.4, 0.5) is 0 Å². The summed E-state index contributed by atoms with van der Waals surface area (Å²) < 4.78 is 9.00. The molecular weight excluding hydrogens is 583 g/mol. The lowest BCUT2D eigenvalue weighted by atomic mass is 9.93. The van der Waals surface area contributed by atoms with Crippen LogP contribution >= 0.6 is 0 Å². The van der Waals surface area contributed by atoms with Gasteiger partial charge in [-0.25, -0.2) is 0 Å². The molecule has 0 bridgehead atoms. The second-order valence-corrected chi connectivity index (χ2v) is 12.6. The molecule has 0 aliphatic heterocycles. The van der Waals surface area contributed by atoms with Crippen LogP contribution in [-0.4, -0.2) is 4.57 Å². The zero-order valence-corrected chi connectivity index (χ0v) is 26.1. The van der Waals surface area contributed by atoms with Crippen molar-refractivity contribution in [3.63, 3.8) is 0 Å². The largest absolute Gasteiger partial charge is 0.456 e. The number of para-hydroxylation sites is 1. The van der Waals surface area contributed by atoms with E-state index in [1.165, 1.54) is 60.4 Å². The Morgan fingerprint density at radius 1 is 0.333 bits per heavy atom. The number of benzene rings is 8. The Kier molecular flexibility index (Phi) is 5.91. The van der Waals surface area contributed by atoms with Crippen LogP contribution in [0, 0.1) is 0 Å². The van der Waals surface area contributed by atoms with Gasteiger partial charge in [-0.15, -0.1) is 0 Å². The van der Waals surface area contributed by atoms with Crippen molar-refractivity contribution in [2.75, 3.05) is 0 Å². The number of nitrogens with zero attached hydrogens (tertiary/aromatic N) is 1. The quantitative estimate of drug-likeness (QED) is 0.194. The molecule has 8 aromatic carbocycles. The summed E-state index contributed by atoms with van der Waals surface area (Å²) in [6, 6.07) is 63.2. The lowest BCUT2D eigenvalue weighted by Gasteiger charge is -2.11. The van der Waals surface area contributed by atoms with Gasteiger partial charge in [0, 0.05) is 33.3 Å². The number of rotatable bonds is 4. The van der Waals surface area contributed by atoms with Gasteiger partial charge in [0.2, 0.25) is 0 Å². The van der Waals surface area contributed by atoms with Crippen molar-refractivity contribution >= 4 is 54.5 Å². The van der Waals surface area contributed by atoms with Crippen molar-refractivity contribution in [1.82, 2.24) is 4.57 Å². The van der Waals surface area contributed by atoms with Crippen LogP contribution in [0.3, 0.4) is 0 Å². The molecule has 0 saturated heterocycles. The van der Waals surface area contributed by atoms with Gasteiger partial charge in [-0.2, -0.15) is 0 Å². The van der Waals surface area contributed by atoms with Crippen molar-refractivity contribution in [3.8, 4) is 39.1 Å². The lowest BCUT2D eigenvalue weighted by Crippen LogP contribution is -1.93. The molecule has 224 valence electrons. The van der Waals surface area contributed by atoms with Crippen LogP contribution in [0.15, 0.2) is 180 Å². The topological polar surface area (TPSA) is 18.1 Å². The van der Waals surface area contributed by atoms with Crippen LogP contribution < -0.4 is 0 Å². The van der Waals surface area contributed by atoms with E-state index in [0.29, 0.717) is 0 Å². The van der Waals surface area contributed by atoms with E-state index in [0.717, 1.165) is 33.2 Å². The lowest BCUT2D eigenvalue weighted by molar-refractivity contribution is 0.669. The van der Waals surface area contributed by atoms with E-state index in [9.17, 15) is 0 Å². The Morgan fingerprint density at radius 3 is 1.79 bits per heavy atom. The number of furan rings is 1. The molecule has 10 aromatic rings. The van der Waals surface area contributed by atoms with Crippen LogP contribution in [-0.2, 0) is 0 Å². The molecule has 0 N–H and O–H groups in total. The number of hydrogen-bond acceptors (Lipinski definition) is 1. The third-order valence-corrected chi connectivity index (χ3v) is 9.77. The predicted octanol–water partition coefficient (Wildman–Crippen LogP) is 12.8. The summed E-state index contributed by atoms with van der Waals surface area (Å²) in [6.45, 7) is 0. The van der Waals surface area contributed by atoms with Gasteiger partial charge in [-0.05, 0) is 98.8 Å². The summed E-state index contributed by atoms with van der Waals surface area (Å²) in [5.41, 5.74) is 12.4. The summed E-state index contributed by atoms with van der Waals surface area (Å²) in [4.78, 5) is 0. The molecule has 0 unspecified atom stereocenters. The normalized spacial score (nSPS) is 11.8. The third-order valence-electron chi connectivity index (χ3n) is 9.77. The van der Waals surface area contributed by atoms with E-state index in [1.54, 1.807) is 0 Å². The molecule has 2 heterocycles. The smallest absolute Gasteiger partial charge is 0.137 e. The molecule has 0 saturated carbocycles. The average molecular weight is 612 g/mol. The minimum absolute atomic E-state index is 0.884. The highest BCUT2D eigenvalue weighted by Gasteiger charge is 2.16. The standard InChI is InChI=1S/C46H29NO/c1-3-11-30(12-4-1)32-20-24-44-42(26-32)38-17-9-10-18-43(38)47(44)36-21-23-40-39-22-19-33(28-45(39)48-46(40)29-36)35-25-34-15-7-8-16-37(34)41(27-35)31-13-5-2-6-14-31/h1-29H. The summed E-state index contributed by atoms with van der Waals surface area (Å²) in [7, 11) is 0. The molecule has 0 fully saturated rings. The Hall–Kier alpha value is -6.38. The fraction of sp³-hybridized carbons (Fsp3) is 0. The highest BCUT2D eigenvalue weighted by Crippen LogP contribution is 2.39. The number of fused-ring (bicyclic) bond motifs is 7. The maximum atomic E-state index is 6.64. The molecule has 0 aliphatic rings. The molecule has 10 rings (SSSR count). The van der Waals surface area contributed by atoms with Gasteiger partial charge in [-0.3, -0.25) is 0 Å². The molecule has 0 spiro atoms. The first-order valence-corrected chi connectivity index (χ1v) is 16.4. The fourth-order valence-electron chi connectivity index (χ4n) is 7.48. The van der Waals surface area contributed by atoms with Gasteiger partial charge in [-0.1, -0.05) is 115 Å². The van der Waals surface area contributed by atoms with E-state index >= 15 is 0 Å². The Morgan fingerprint density at radius 2 is 0.958 bits per heavy atom. The van der Waals surface area contributed by atoms with Crippen LogP contribution in [0.1, 0.15) is 0 Å². The van der Waals surface area contributed by atoms with E-state index in [-0.39, 0.29) is 0 Å². The highest BCUT2D eigenvalue weighted by atomic mass is 16.3. The second-order valence-electron chi connectivity index (χ2n) is 12.6. The number of aromatic nitrogens is 1. The minimum Gasteiger partial charge on any atom is -0.456 e. The summed E-state index contributed by atoms with van der Waals surface area (Å²) >= 11 is 0. The minimum atomic E-state index is 0.884. The molecule has 2 nitrogen and oxygen atoms in total. The van der Waals surface area contributed by atoms with E-state index in [2.05, 4.69) is 180 Å². The van der Waals surface area contributed by atoms with E-state index in [4.69, 9.17) is 4.42 Å². The molecule has 0 aliphatic carbocycles.